The third-order valence-electron chi connectivity index (χ3n) is 4.41. The summed E-state index contributed by atoms with van der Waals surface area (Å²) in [6.45, 7) is 4.00. The monoisotopic (exact) mass is 380 g/mol. The van der Waals surface area contributed by atoms with Crippen molar-refractivity contribution in [3.05, 3.63) is 133 Å². The Hall–Kier alpha value is -3.12. The molecule has 4 rings (SSSR count). The highest BCUT2D eigenvalue weighted by atomic mass is 14.0. The number of rotatable bonds is 2. The second-order valence-electron chi connectivity index (χ2n) is 6.42. The maximum absolute atomic E-state index is 2.27. The van der Waals surface area contributed by atoms with E-state index in [9.17, 15) is 0 Å². The van der Waals surface area contributed by atoms with E-state index in [1.54, 1.807) is 0 Å². The van der Waals surface area contributed by atoms with E-state index in [-0.39, 0.29) is 0 Å². The molecule has 0 heteroatoms. The van der Waals surface area contributed by atoms with Crippen molar-refractivity contribution < 1.29 is 0 Å². The van der Waals surface area contributed by atoms with E-state index in [2.05, 4.69) is 115 Å². The first-order chi connectivity index (χ1) is 14.4. The summed E-state index contributed by atoms with van der Waals surface area (Å²) in [5.41, 5.74) is 5.20. The summed E-state index contributed by atoms with van der Waals surface area (Å²) in [6.07, 6.45) is 25.0. The first-order valence-electron chi connectivity index (χ1n) is 10.6. The molecule has 0 aromatic heterocycles. The predicted octanol–water partition coefficient (Wildman–Crippen LogP) is 8.59. The second kappa shape index (κ2) is 14.0. The van der Waals surface area contributed by atoms with Gasteiger partial charge in [0, 0.05) is 0 Å². The van der Waals surface area contributed by atoms with Crippen LogP contribution in [-0.2, 0) is 0 Å². The van der Waals surface area contributed by atoms with Gasteiger partial charge in [-0.05, 0) is 41.5 Å². The molecule has 0 unspecified atom stereocenters. The number of allylic oxidation sites excluding steroid dienone is 12. The van der Waals surface area contributed by atoms with Gasteiger partial charge in [-0.15, -0.1) is 0 Å². The van der Waals surface area contributed by atoms with Crippen LogP contribution in [-0.4, -0.2) is 0 Å². The van der Waals surface area contributed by atoms with E-state index in [1.807, 2.05) is 19.9 Å². The molecule has 2 aliphatic carbocycles. The minimum absolute atomic E-state index is 1.03. The summed E-state index contributed by atoms with van der Waals surface area (Å²) < 4.78 is 0. The lowest BCUT2D eigenvalue weighted by atomic mass is 10.0. The highest BCUT2D eigenvalue weighted by molar-refractivity contribution is 5.75. The van der Waals surface area contributed by atoms with Crippen molar-refractivity contribution in [2.24, 2.45) is 0 Å². The number of hydrogen-bond donors (Lipinski definition) is 0. The van der Waals surface area contributed by atoms with E-state index in [4.69, 9.17) is 0 Å². The van der Waals surface area contributed by atoms with Crippen molar-refractivity contribution in [1.29, 1.82) is 0 Å². The smallest absolute Gasteiger partial charge is 0.0160 e. The Morgan fingerprint density at radius 3 is 1.69 bits per heavy atom. The Kier molecular flexibility index (Phi) is 10.7. The fourth-order valence-electron chi connectivity index (χ4n) is 2.98. The van der Waals surface area contributed by atoms with E-state index in [0.717, 1.165) is 19.3 Å². The van der Waals surface area contributed by atoms with Gasteiger partial charge in [0.1, 0.15) is 0 Å². The predicted molar refractivity (Wildman–Crippen MR) is 131 cm³/mol. The van der Waals surface area contributed by atoms with E-state index < -0.39 is 0 Å². The van der Waals surface area contributed by atoms with Crippen LogP contribution < -0.4 is 0 Å². The molecule has 0 fully saturated rings. The lowest BCUT2D eigenvalue weighted by Crippen LogP contribution is -1.81. The number of hydrogen-bond acceptors (Lipinski definition) is 0. The Morgan fingerprint density at radius 1 is 0.517 bits per heavy atom. The molecule has 148 valence electrons. The zero-order valence-corrected chi connectivity index (χ0v) is 17.7. The van der Waals surface area contributed by atoms with Crippen molar-refractivity contribution in [2.45, 2.75) is 33.1 Å². The summed E-state index contributed by atoms with van der Waals surface area (Å²) in [5, 5.41) is 0. The minimum Gasteiger partial charge on any atom is -0.0844 e. The molecular weight excluding hydrogens is 348 g/mol. The molecule has 0 bridgehead atoms. The average Bonchev–Trinajstić information content (AvgIpc) is 3.06. The van der Waals surface area contributed by atoms with Crippen LogP contribution in [0.15, 0.2) is 121 Å². The molecule has 0 saturated carbocycles. The third kappa shape index (κ3) is 8.19. The van der Waals surface area contributed by atoms with Gasteiger partial charge in [-0.2, -0.15) is 0 Å². The van der Waals surface area contributed by atoms with Gasteiger partial charge < -0.3 is 0 Å². The van der Waals surface area contributed by atoms with Gasteiger partial charge in [-0.1, -0.05) is 135 Å². The molecule has 0 atom stereocenters. The van der Waals surface area contributed by atoms with E-state index in [1.165, 1.54) is 22.3 Å². The lowest BCUT2D eigenvalue weighted by molar-refractivity contribution is 1.29. The Balaban J connectivity index is 0.000000191. The van der Waals surface area contributed by atoms with Crippen LogP contribution in [0.1, 0.15) is 44.2 Å². The second-order valence-corrected chi connectivity index (χ2v) is 6.42. The van der Waals surface area contributed by atoms with Crippen LogP contribution in [0.5, 0.6) is 0 Å². The fraction of sp³-hybridized carbons (Fsp3) is 0.172. The van der Waals surface area contributed by atoms with Gasteiger partial charge in [0.25, 0.3) is 0 Å². The van der Waals surface area contributed by atoms with Crippen molar-refractivity contribution >= 4 is 11.1 Å². The summed E-state index contributed by atoms with van der Waals surface area (Å²) in [5.74, 6) is 0. The van der Waals surface area contributed by atoms with E-state index in [0.29, 0.717) is 0 Å². The largest absolute Gasteiger partial charge is 0.0844 e. The van der Waals surface area contributed by atoms with Crippen molar-refractivity contribution in [3.63, 3.8) is 0 Å². The van der Waals surface area contributed by atoms with Crippen molar-refractivity contribution in [3.8, 4) is 0 Å². The highest BCUT2D eigenvalue weighted by Gasteiger charge is 1.96. The molecule has 2 aliphatic rings. The average molecular weight is 381 g/mol. The molecule has 0 radical (unpaired) electrons. The van der Waals surface area contributed by atoms with Gasteiger partial charge >= 0.3 is 0 Å². The first kappa shape index (κ1) is 22.2. The van der Waals surface area contributed by atoms with Crippen LogP contribution in [0.3, 0.4) is 0 Å². The lowest BCUT2D eigenvalue weighted by Gasteiger charge is -2.03. The molecular formula is C29H32. The van der Waals surface area contributed by atoms with Gasteiger partial charge in [0.15, 0.2) is 0 Å². The Morgan fingerprint density at radius 2 is 1.03 bits per heavy atom. The van der Waals surface area contributed by atoms with Crippen LogP contribution >= 0.6 is 0 Å². The quantitative estimate of drug-likeness (QED) is 0.458. The SMILES string of the molecule is C1=CCC=CC(c2ccccc2)=C1.C1=C\C/C=C(c2ccccc2)\C=C/C/1.CC. The molecule has 0 aliphatic heterocycles. The van der Waals surface area contributed by atoms with E-state index >= 15 is 0 Å². The fourth-order valence-corrected chi connectivity index (χ4v) is 2.98. The Bertz CT molecular complexity index is 872. The van der Waals surface area contributed by atoms with Crippen molar-refractivity contribution in [2.75, 3.05) is 0 Å². The van der Waals surface area contributed by atoms with Crippen LogP contribution in [0.4, 0.5) is 0 Å². The summed E-state index contributed by atoms with van der Waals surface area (Å²) in [6, 6.07) is 21.0. The van der Waals surface area contributed by atoms with Gasteiger partial charge in [0.05, 0.1) is 0 Å². The van der Waals surface area contributed by atoms with Gasteiger partial charge in [0.2, 0.25) is 0 Å². The Labute approximate surface area is 177 Å². The molecule has 0 spiro atoms. The summed E-state index contributed by atoms with van der Waals surface area (Å²) in [7, 11) is 0. The molecule has 29 heavy (non-hydrogen) atoms. The molecule has 0 amide bonds. The standard InChI is InChI=1S/C14H14.C13H12.C2H6/c1-2-5-9-13(10-6-3-1)14-11-7-4-8-12-14;1-2-5-9-12(8-4-1)13-10-6-3-7-11-13;1-2/h1-2,4,6-12H,3,5H2;1,3-11H,2H2;1-2H3/b2-1-,10-6-,13-9+;;. The summed E-state index contributed by atoms with van der Waals surface area (Å²) in [4.78, 5) is 0. The molecule has 2 aromatic carbocycles. The van der Waals surface area contributed by atoms with Crippen molar-refractivity contribution in [1.82, 2.24) is 0 Å². The normalized spacial score (nSPS) is 18.7. The maximum Gasteiger partial charge on any atom is -0.0160 e. The minimum atomic E-state index is 1.03. The topological polar surface area (TPSA) is 0 Å². The van der Waals surface area contributed by atoms with Gasteiger partial charge in [-0.25, -0.2) is 0 Å². The van der Waals surface area contributed by atoms with Gasteiger partial charge in [-0.3, -0.25) is 0 Å². The van der Waals surface area contributed by atoms with Crippen LogP contribution in [0, 0.1) is 0 Å². The number of benzene rings is 2. The third-order valence-corrected chi connectivity index (χ3v) is 4.41. The molecule has 2 aromatic rings. The van der Waals surface area contributed by atoms with Crippen LogP contribution in [0.2, 0.25) is 0 Å². The molecule has 0 N–H and O–H groups in total. The zero-order valence-electron chi connectivity index (χ0n) is 17.7. The molecule has 0 saturated heterocycles. The molecule has 0 nitrogen and oxygen atoms in total. The molecule has 0 heterocycles. The first-order valence-corrected chi connectivity index (χ1v) is 10.6. The maximum atomic E-state index is 2.27. The highest BCUT2D eigenvalue weighted by Crippen LogP contribution is 2.18. The summed E-state index contributed by atoms with van der Waals surface area (Å²) >= 11 is 0. The van der Waals surface area contributed by atoms with Crippen LogP contribution in [0.25, 0.3) is 11.1 Å². The zero-order chi connectivity index (χ0) is 20.6.